The lowest BCUT2D eigenvalue weighted by Crippen LogP contribution is -2.23. The van der Waals surface area contributed by atoms with Crippen molar-refractivity contribution in [2.75, 3.05) is 0 Å². The Morgan fingerprint density at radius 1 is 1.07 bits per heavy atom. The van der Waals surface area contributed by atoms with Crippen molar-refractivity contribution in [2.24, 2.45) is 5.92 Å². The fourth-order valence-corrected chi connectivity index (χ4v) is 1.93. The van der Waals surface area contributed by atoms with Gasteiger partial charge < -0.3 is 15.3 Å². The minimum Gasteiger partial charge on any atom is -0.503 e. The molecule has 29 heavy (non-hydrogen) atoms. The van der Waals surface area contributed by atoms with E-state index in [1.807, 2.05) is 27.7 Å². The third kappa shape index (κ3) is 9.11. The molecule has 0 aromatic carbocycles. The molecule has 0 bridgehead atoms. The number of rotatable bonds is 3. The van der Waals surface area contributed by atoms with Crippen molar-refractivity contribution in [3.8, 4) is 5.75 Å². The second-order valence-corrected chi connectivity index (χ2v) is 7.19. The van der Waals surface area contributed by atoms with Crippen LogP contribution < -0.4 is 16.6 Å². The lowest BCUT2D eigenvalue weighted by atomic mass is 10.0. The number of hydrogen-bond acceptors (Lipinski definition) is 6. The lowest BCUT2D eigenvalue weighted by Gasteiger charge is -2.05. The Bertz CT molecular complexity index is 882. The summed E-state index contributed by atoms with van der Waals surface area (Å²) < 4.78 is 0.575. The first-order valence-corrected chi connectivity index (χ1v) is 9.18. The number of aromatic hydroxyl groups is 1. The Morgan fingerprint density at radius 3 is 2.00 bits per heavy atom. The summed E-state index contributed by atoms with van der Waals surface area (Å²) in [5.74, 6) is -0.145. The molecule has 0 aliphatic heterocycles. The van der Waals surface area contributed by atoms with Crippen molar-refractivity contribution >= 4 is 5.91 Å². The number of hydrogen-bond donors (Lipinski definition) is 5. The molecular formula is C20H31N3O6. The van der Waals surface area contributed by atoms with Crippen LogP contribution in [0.5, 0.6) is 5.75 Å². The van der Waals surface area contributed by atoms with Crippen molar-refractivity contribution in [1.29, 1.82) is 0 Å². The number of pyridine rings is 2. The Hall–Kier alpha value is -3.07. The van der Waals surface area contributed by atoms with Crippen LogP contribution in [-0.2, 0) is 4.79 Å². The SMILES string of the molecule is CC(C)C(=O)NO.CC(C)c1cc[nH]c(=O)c1O.CC(C)c1ccn(O)c(=O)c1. The van der Waals surface area contributed by atoms with Gasteiger partial charge in [-0.3, -0.25) is 19.6 Å². The van der Waals surface area contributed by atoms with Crippen LogP contribution in [0, 0.1) is 5.92 Å². The molecule has 0 saturated heterocycles. The van der Waals surface area contributed by atoms with Crippen molar-refractivity contribution in [2.45, 2.75) is 53.4 Å². The molecule has 2 aromatic heterocycles. The van der Waals surface area contributed by atoms with Gasteiger partial charge in [-0.2, -0.15) is 4.73 Å². The molecule has 0 atom stereocenters. The summed E-state index contributed by atoms with van der Waals surface area (Å²) in [7, 11) is 0. The van der Waals surface area contributed by atoms with Gasteiger partial charge in [-0.1, -0.05) is 41.5 Å². The normalized spacial score (nSPS) is 10.1. The zero-order valence-electron chi connectivity index (χ0n) is 17.6. The molecule has 0 fully saturated rings. The van der Waals surface area contributed by atoms with Gasteiger partial charge in [0, 0.05) is 29.9 Å². The van der Waals surface area contributed by atoms with Crippen LogP contribution in [0.2, 0.25) is 0 Å². The van der Waals surface area contributed by atoms with Crippen LogP contribution in [0.1, 0.15) is 64.5 Å². The summed E-state index contributed by atoms with van der Waals surface area (Å²) in [6.45, 7) is 11.2. The van der Waals surface area contributed by atoms with Gasteiger partial charge >= 0.3 is 0 Å². The van der Waals surface area contributed by atoms with E-state index in [-0.39, 0.29) is 29.1 Å². The third-order valence-corrected chi connectivity index (χ3v) is 3.81. The van der Waals surface area contributed by atoms with Gasteiger partial charge in [-0.25, -0.2) is 5.48 Å². The van der Waals surface area contributed by atoms with Gasteiger partial charge in [0.2, 0.25) is 5.91 Å². The van der Waals surface area contributed by atoms with Gasteiger partial charge in [0.15, 0.2) is 5.75 Å². The van der Waals surface area contributed by atoms with Crippen molar-refractivity contribution in [1.82, 2.24) is 15.2 Å². The fraction of sp³-hybridized carbons (Fsp3) is 0.450. The number of nitrogens with zero attached hydrogens (tertiary/aromatic N) is 1. The first-order valence-electron chi connectivity index (χ1n) is 9.18. The highest BCUT2D eigenvalue weighted by atomic mass is 16.5. The van der Waals surface area contributed by atoms with Gasteiger partial charge in [-0.05, 0) is 29.5 Å². The predicted octanol–water partition coefficient (Wildman–Crippen LogP) is 2.56. The number of H-pyrrole nitrogens is 1. The van der Waals surface area contributed by atoms with Gasteiger partial charge in [0.1, 0.15) is 0 Å². The predicted molar refractivity (Wildman–Crippen MR) is 110 cm³/mol. The van der Waals surface area contributed by atoms with Crippen molar-refractivity contribution < 1.29 is 20.3 Å². The number of nitrogens with one attached hydrogen (secondary N) is 2. The van der Waals surface area contributed by atoms with Crippen LogP contribution in [0.3, 0.4) is 0 Å². The molecule has 0 spiro atoms. The molecule has 0 aliphatic rings. The number of amides is 1. The minimum atomic E-state index is -0.420. The highest BCUT2D eigenvalue weighted by Crippen LogP contribution is 2.19. The van der Waals surface area contributed by atoms with Crippen LogP contribution in [0.25, 0.3) is 0 Å². The van der Waals surface area contributed by atoms with E-state index >= 15 is 0 Å². The molecule has 2 rings (SSSR count). The maximum Gasteiger partial charge on any atom is 0.290 e. The largest absolute Gasteiger partial charge is 0.503 e. The Labute approximate surface area is 169 Å². The van der Waals surface area contributed by atoms with E-state index in [0.29, 0.717) is 16.2 Å². The summed E-state index contributed by atoms with van der Waals surface area (Å²) in [6.07, 6.45) is 2.90. The average molecular weight is 409 g/mol. The van der Waals surface area contributed by atoms with Crippen LogP contribution >= 0.6 is 0 Å². The van der Waals surface area contributed by atoms with Crippen LogP contribution in [0.15, 0.2) is 40.2 Å². The molecule has 2 aromatic rings. The number of hydroxylamine groups is 1. The Kier molecular flexibility index (Phi) is 11.1. The summed E-state index contributed by atoms with van der Waals surface area (Å²) in [4.78, 5) is 34.2. The minimum absolute atomic E-state index is 0.134. The second kappa shape index (κ2) is 12.4. The number of aromatic amines is 1. The highest BCUT2D eigenvalue weighted by molar-refractivity contribution is 5.76. The lowest BCUT2D eigenvalue weighted by molar-refractivity contribution is -0.132. The standard InChI is InChI=1S/2C8H11NO2.C4H9NO2/c1-6(2)7-3-4-9(11)8(10)5-7;1-5(2)6-3-4-9-8(11)7(6)10;1-3(2)4(6)5-7/h3-6,11H,1-2H3;3-5,10H,1-2H3,(H,9,11);3,7H,1-2H3,(H,5,6). The molecule has 162 valence electrons. The van der Waals surface area contributed by atoms with Gasteiger partial charge in [0.05, 0.1) is 0 Å². The van der Waals surface area contributed by atoms with E-state index < -0.39 is 5.56 Å². The molecule has 1 amide bonds. The molecule has 9 nitrogen and oxygen atoms in total. The molecule has 0 radical (unpaired) electrons. The molecule has 0 unspecified atom stereocenters. The first kappa shape index (κ1) is 25.9. The average Bonchev–Trinajstić information content (AvgIpc) is 2.66. The van der Waals surface area contributed by atoms with Crippen molar-refractivity contribution in [3.63, 3.8) is 0 Å². The summed E-state index contributed by atoms with van der Waals surface area (Å²) in [5.41, 5.74) is 2.36. The summed E-state index contributed by atoms with van der Waals surface area (Å²) >= 11 is 0. The van der Waals surface area contributed by atoms with Crippen LogP contribution in [0.4, 0.5) is 0 Å². The van der Waals surface area contributed by atoms with E-state index in [4.69, 9.17) is 10.4 Å². The molecule has 5 N–H and O–H groups in total. The maximum atomic E-state index is 10.9. The number of carbonyl (C=O) groups excluding carboxylic acids is 1. The van der Waals surface area contributed by atoms with E-state index in [1.165, 1.54) is 23.9 Å². The molecule has 0 aliphatic carbocycles. The van der Waals surface area contributed by atoms with E-state index in [1.54, 1.807) is 26.0 Å². The molecule has 2 heterocycles. The second-order valence-electron chi connectivity index (χ2n) is 7.19. The maximum absolute atomic E-state index is 10.9. The number of carbonyl (C=O) groups is 1. The molecular weight excluding hydrogens is 378 g/mol. The Balaban J connectivity index is 0.000000419. The summed E-state index contributed by atoms with van der Waals surface area (Å²) in [6, 6.07) is 4.87. The van der Waals surface area contributed by atoms with Crippen molar-refractivity contribution in [3.05, 3.63) is 62.4 Å². The topological polar surface area (TPSA) is 145 Å². The van der Waals surface area contributed by atoms with E-state index in [0.717, 1.165) is 5.56 Å². The quantitative estimate of drug-likeness (QED) is 0.299. The van der Waals surface area contributed by atoms with E-state index in [2.05, 4.69) is 4.98 Å². The van der Waals surface area contributed by atoms with Gasteiger partial charge in [0.25, 0.3) is 11.1 Å². The van der Waals surface area contributed by atoms with Gasteiger partial charge in [-0.15, -0.1) is 0 Å². The highest BCUT2D eigenvalue weighted by Gasteiger charge is 2.07. The Morgan fingerprint density at radius 2 is 1.66 bits per heavy atom. The third-order valence-electron chi connectivity index (χ3n) is 3.81. The smallest absolute Gasteiger partial charge is 0.290 e. The zero-order chi connectivity index (χ0) is 22.7. The zero-order valence-corrected chi connectivity index (χ0v) is 17.6. The monoisotopic (exact) mass is 409 g/mol. The van der Waals surface area contributed by atoms with Crippen LogP contribution in [-0.4, -0.2) is 31.1 Å². The number of aromatic nitrogens is 2. The first-order chi connectivity index (χ1) is 13.4. The fourth-order valence-electron chi connectivity index (χ4n) is 1.93. The summed E-state index contributed by atoms with van der Waals surface area (Å²) in [5, 5.41) is 26.0. The van der Waals surface area contributed by atoms with E-state index in [9.17, 15) is 19.5 Å². The molecule has 0 saturated carbocycles. The molecule has 9 heteroatoms.